The molecule has 0 aromatic carbocycles. The number of aliphatic hydroxyl groups is 1. The van der Waals surface area contributed by atoms with Crippen LogP contribution in [0.15, 0.2) is 0 Å². The summed E-state index contributed by atoms with van der Waals surface area (Å²) in [6.45, 7) is 12.9. The highest BCUT2D eigenvalue weighted by atomic mass is 16.3. The molecule has 4 nitrogen and oxygen atoms in total. The van der Waals surface area contributed by atoms with Gasteiger partial charge in [0.15, 0.2) is 0 Å². The van der Waals surface area contributed by atoms with Crippen molar-refractivity contribution in [3.63, 3.8) is 0 Å². The van der Waals surface area contributed by atoms with Gasteiger partial charge in [-0.2, -0.15) is 0 Å². The van der Waals surface area contributed by atoms with Crippen molar-refractivity contribution in [2.75, 3.05) is 46.4 Å². The first kappa shape index (κ1) is 16.9. The van der Waals surface area contributed by atoms with Crippen molar-refractivity contribution < 1.29 is 5.11 Å². The molecule has 0 aromatic heterocycles. The zero-order valence-corrected chi connectivity index (χ0v) is 13.3. The number of aliphatic hydroxyl groups excluding tert-OH is 1. The van der Waals surface area contributed by atoms with Crippen molar-refractivity contribution in [3.05, 3.63) is 0 Å². The van der Waals surface area contributed by atoms with Gasteiger partial charge in [-0.05, 0) is 46.7 Å². The quantitative estimate of drug-likeness (QED) is 0.695. The topological polar surface area (TPSA) is 38.7 Å². The van der Waals surface area contributed by atoms with Gasteiger partial charge in [0.2, 0.25) is 0 Å². The number of nitrogens with zero attached hydrogens (tertiary/aromatic N) is 2. The SMILES string of the molecule is CCC(C)N1CCN(CCCC(C)(CO)NC)CC1. The number of hydrogen-bond acceptors (Lipinski definition) is 4. The van der Waals surface area contributed by atoms with Gasteiger partial charge in [0.25, 0.3) is 0 Å². The van der Waals surface area contributed by atoms with Crippen LogP contribution < -0.4 is 5.32 Å². The molecular formula is C15H33N3O. The standard InChI is InChI=1S/C15H33N3O/c1-5-14(2)18-11-9-17(10-12-18)8-6-7-15(3,13-19)16-4/h14,16,19H,5-13H2,1-4H3. The van der Waals surface area contributed by atoms with Crippen LogP contribution in [0.3, 0.4) is 0 Å². The van der Waals surface area contributed by atoms with Gasteiger partial charge >= 0.3 is 0 Å². The summed E-state index contributed by atoms with van der Waals surface area (Å²) < 4.78 is 0. The van der Waals surface area contributed by atoms with Crippen molar-refractivity contribution in [3.8, 4) is 0 Å². The third-order valence-electron chi connectivity index (χ3n) is 4.78. The van der Waals surface area contributed by atoms with Gasteiger partial charge in [-0.25, -0.2) is 0 Å². The molecule has 2 unspecified atom stereocenters. The van der Waals surface area contributed by atoms with E-state index >= 15 is 0 Å². The monoisotopic (exact) mass is 271 g/mol. The van der Waals surface area contributed by atoms with E-state index in [1.807, 2.05) is 7.05 Å². The molecule has 2 atom stereocenters. The third kappa shape index (κ3) is 5.38. The smallest absolute Gasteiger partial charge is 0.0610 e. The molecule has 1 aliphatic heterocycles. The minimum atomic E-state index is -0.113. The highest BCUT2D eigenvalue weighted by Gasteiger charge is 2.22. The molecule has 4 heteroatoms. The molecule has 0 aliphatic carbocycles. The summed E-state index contributed by atoms with van der Waals surface area (Å²) in [5.74, 6) is 0. The molecule has 0 saturated carbocycles. The Morgan fingerprint density at radius 2 is 1.89 bits per heavy atom. The zero-order chi connectivity index (χ0) is 14.3. The summed E-state index contributed by atoms with van der Waals surface area (Å²) in [6, 6.07) is 0.726. The predicted molar refractivity (Wildman–Crippen MR) is 81.6 cm³/mol. The molecule has 0 radical (unpaired) electrons. The summed E-state index contributed by atoms with van der Waals surface area (Å²) in [4.78, 5) is 5.16. The fourth-order valence-corrected chi connectivity index (χ4v) is 2.66. The third-order valence-corrected chi connectivity index (χ3v) is 4.78. The second kappa shape index (κ2) is 8.20. The second-order valence-corrected chi connectivity index (χ2v) is 6.21. The number of nitrogens with one attached hydrogen (secondary N) is 1. The van der Waals surface area contributed by atoms with Crippen molar-refractivity contribution in [1.82, 2.24) is 15.1 Å². The van der Waals surface area contributed by atoms with E-state index in [1.165, 1.54) is 32.6 Å². The molecule has 114 valence electrons. The molecule has 1 saturated heterocycles. The first-order chi connectivity index (χ1) is 9.04. The Morgan fingerprint density at radius 1 is 1.26 bits per heavy atom. The van der Waals surface area contributed by atoms with Crippen molar-refractivity contribution in [2.24, 2.45) is 0 Å². The summed E-state index contributed by atoms with van der Waals surface area (Å²) in [5.41, 5.74) is -0.113. The average molecular weight is 271 g/mol. The van der Waals surface area contributed by atoms with Gasteiger partial charge in [-0.1, -0.05) is 6.92 Å². The van der Waals surface area contributed by atoms with Gasteiger partial charge in [0.1, 0.15) is 0 Å². The van der Waals surface area contributed by atoms with Gasteiger partial charge < -0.3 is 15.3 Å². The molecule has 0 bridgehead atoms. The number of piperazine rings is 1. The summed E-state index contributed by atoms with van der Waals surface area (Å²) in [5, 5.41) is 12.6. The van der Waals surface area contributed by atoms with Gasteiger partial charge in [-0.3, -0.25) is 4.90 Å². The van der Waals surface area contributed by atoms with Gasteiger partial charge in [-0.15, -0.1) is 0 Å². The second-order valence-electron chi connectivity index (χ2n) is 6.21. The first-order valence-corrected chi connectivity index (χ1v) is 7.81. The maximum Gasteiger partial charge on any atom is 0.0610 e. The van der Waals surface area contributed by atoms with Crippen LogP contribution in [0.1, 0.15) is 40.0 Å². The average Bonchev–Trinajstić information content (AvgIpc) is 2.47. The highest BCUT2D eigenvalue weighted by molar-refractivity contribution is 4.81. The zero-order valence-electron chi connectivity index (χ0n) is 13.3. The maximum atomic E-state index is 9.36. The summed E-state index contributed by atoms with van der Waals surface area (Å²) >= 11 is 0. The Kier molecular flexibility index (Phi) is 7.29. The van der Waals surface area contributed by atoms with Crippen LogP contribution in [0.5, 0.6) is 0 Å². The predicted octanol–water partition coefficient (Wildman–Crippen LogP) is 1.15. The molecule has 1 heterocycles. The molecule has 1 fully saturated rings. The lowest BCUT2D eigenvalue weighted by atomic mass is 9.97. The Balaban J connectivity index is 2.19. The van der Waals surface area contributed by atoms with Crippen LogP contribution in [0.25, 0.3) is 0 Å². The molecule has 1 rings (SSSR count). The van der Waals surface area contributed by atoms with Gasteiger partial charge in [0.05, 0.1) is 6.61 Å². The first-order valence-electron chi connectivity index (χ1n) is 7.81. The van der Waals surface area contributed by atoms with E-state index in [1.54, 1.807) is 0 Å². The molecule has 19 heavy (non-hydrogen) atoms. The molecule has 1 aliphatic rings. The Hall–Kier alpha value is -0.160. The maximum absolute atomic E-state index is 9.36. The van der Waals surface area contributed by atoms with Crippen LogP contribution in [0.4, 0.5) is 0 Å². The lowest BCUT2D eigenvalue weighted by molar-refractivity contribution is 0.0953. The van der Waals surface area contributed by atoms with Crippen LogP contribution in [-0.2, 0) is 0 Å². The van der Waals surface area contributed by atoms with E-state index in [9.17, 15) is 5.11 Å². The Morgan fingerprint density at radius 3 is 2.37 bits per heavy atom. The molecule has 0 aromatic rings. The molecule has 2 N–H and O–H groups in total. The van der Waals surface area contributed by atoms with Crippen molar-refractivity contribution in [1.29, 1.82) is 0 Å². The van der Waals surface area contributed by atoms with Crippen LogP contribution in [0.2, 0.25) is 0 Å². The minimum Gasteiger partial charge on any atom is -0.394 e. The Bertz CT molecular complexity index is 236. The number of likely N-dealkylation sites (N-methyl/N-ethyl adjacent to an activating group) is 1. The van der Waals surface area contributed by atoms with E-state index in [4.69, 9.17) is 0 Å². The summed E-state index contributed by atoms with van der Waals surface area (Å²) in [6.07, 6.45) is 3.43. The van der Waals surface area contributed by atoms with Gasteiger partial charge in [0, 0.05) is 37.8 Å². The molecule has 0 spiro atoms. The van der Waals surface area contributed by atoms with E-state index in [-0.39, 0.29) is 12.1 Å². The van der Waals surface area contributed by atoms with Crippen molar-refractivity contribution in [2.45, 2.75) is 51.6 Å². The van der Waals surface area contributed by atoms with E-state index in [0.717, 1.165) is 25.4 Å². The lowest BCUT2D eigenvalue weighted by Gasteiger charge is -2.38. The normalized spacial score (nSPS) is 23.2. The lowest BCUT2D eigenvalue weighted by Crippen LogP contribution is -2.50. The Labute approximate surface area is 119 Å². The number of hydrogen-bond donors (Lipinski definition) is 2. The fraction of sp³-hybridized carbons (Fsp3) is 1.00. The largest absolute Gasteiger partial charge is 0.394 e. The van der Waals surface area contributed by atoms with Crippen LogP contribution in [-0.4, -0.2) is 72.9 Å². The molecule has 0 amide bonds. The summed E-state index contributed by atoms with van der Waals surface area (Å²) in [7, 11) is 1.93. The number of rotatable bonds is 8. The van der Waals surface area contributed by atoms with Crippen LogP contribution in [0, 0.1) is 0 Å². The van der Waals surface area contributed by atoms with E-state index in [2.05, 4.69) is 35.9 Å². The van der Waals surface area contributed by atoms with E-state index < -0.39 is 0 Å². The van der Waals surface area contributed by atoms with Crippen LogP contribution >= 0.6 is 0 Å². The van der Waals surface area contributed by atoms with Crippen molar-refractivity contribution >= 4 is 0 Å². The van der Waals surface area contributed by atoms with E-state index in [0.29, 0.717) is 0 Å². The minimum absolute atomic E-state index is 0.113. The fourth-order valence-electron chi connectivity index (χ4n) is 2.66. The molecular weight excluding hydrogens is 238 g/mol. The highest BCUT2D eigenvalue weighted by Crippen LogP contribution is 2.13.